The van der Waals surface area contributed by atoms with Crippen LogP contribution in [-0.2, 0) is 0 Å². The maximum atomic E-state index is 14.9. The Labute approximate surface area is 213 Å². The summed E-state index contributed by atoms with van der Waals surface area (Å²) in [6.45, 7) is 1.80. The van der Waals surface area contributed by atoms with Crippen molar-refractivity contribution in [1.29, 1.82) is 0 Å². The Morgan fingerprint density at radius 1 is 0.595 bits per heavy atom. The van der Waals surface area contributed by atoms with E-state index >= 15 is 0 Å². The Kier molecular flexibility index (Phi) is 4.90. The second kappa shape index (κ2) is 8.42. The average Bonchev–Trinajstić information content (AvgIpc) is 3.39. The summed E-state index contributed by atoms with van der Waals surface area (Å²) in [6, 6.07) is 36.5. The second-order valence-electron chi connectivity index (χ2n) is 9.39. The number of aromatic nitrogens is 1. The number of rotatable bonds is 3. The first-order valence-corrected chi connectivity index (χ1v) is 12.3. The zero-order valence-electron chi connectivity index (χ0n) is 20.2. The van der Waals surface area contributed by atoms with Crippen LogP contribution in [0.4, 0.5) is 4.39 Å². The Balaban J connectivity index is 1.51. The van der Waals surface area contributed by atoms with Crippen molar-refractivity contribution < 1.29 is 8.81 Å². The van der Waals surface area contributed by atoms with E-state index in [2.05, 4.69) is 42.5 Å². The normalized spacial score (nSPS) is 11.5. The molecule has 2 aromatic heterocycles. The molecule has 0 aliphatic rings. The van der Waals surface area contributed by atoms with Gasteiger partial charge in [0.25, 0.3) is 0 Å². The number of furan rings is 1. The molecule has 176 valence electrons. The van der Waals surface area contributed by atoms with E-state index in [1.807, 2.05) is 66.7 Å². The monoisotopic (exact) mass is 479 g/mol. The molecule has 5 aromatic carbocycles. The molecule has 0 N–H and O–H groups in total. The first-order valence-electron chi connectivity index (χ1n) is 12.3. The SMILES string of the molecule is Cc1ccc2c(ccc3c(-c4cc(-c5ccccc5)c5cc(-c6ccccc6)oc5c4)nccc32)c1F. The van der Waals surface area contributed by atoms with Crippen LogP contribution in [0.1, 0.15) is 5.56 Å². The van der Waals surface area contributed by atoms with Gasteiger partial charge in [-0.05, 0) is 58.7 Å². The summed E-state index contributed by atoms with van der Waals surface area (Å²) in [5.74, 6) is 0.655. The highest BCUT2D eigenvalue weighted by molar-refractivity contribution is 6.12. The molecule has 7 aromatic rings. The number of halogens is 1. The van der Waals surface area contributed by atoms with Crippen molar-refractivity contribution >= 4 is 32.5 Å². The Hall–Kier alpha value is -4.76. The summed E-state index contributed by atoms with van der Waals surface area (Å²) < 4.78 is 21.3. The fraction of sp³-hybridized carbons (Fsp3) is 0.0294. The van der Waals surface area contributed by atoms with Crippen LogP contribution in [0.3, 0.4) is 0 Å². The molecule has 7 rings (SSSR count). The largest absolute Gasteiger partial charge is 0.456 e. The van der Waals surface area contributed by atoms with Crippen molar-refractivity contribution in [2.24, 2.45) is 0 Å². The molecule has 0 atom stereocenters. The number of fused-ring (bicyclic) bond motifs is 4. The summed E-state index contributed by atoms with van der Waals surface area (Å²) in [5, 5.41) is 4.53. The summed E-state index contributed by atoms with van der Waals surface area (Å²) in [4.78, 5) is 4.80. The molecule has 37 heavy (non-hydrogen) atoms. The van der Waals surface area contributed by atoms with Crippen LogP contribution in [0.2, 0.25) is 0 Å². The van der Waals surface area contributed by atoms with Gasteiger partial charge in [-0.3, -0.25) is 4.98 Å². The Morgan fingerprint density at radius 3 is 2.05 bits per heavy atom. The van der Waals surface area contributed by atoms with E-state index in [9.17, 15) is 4.39 Å². The van der Waals surface area contributed by atoms with Gasteiger partial charge in [0.2, 0.25) is 0 Å². The lowest BCUT2D eigenvalue weighted by molar-refractivity contribution is 0.631. The van der Waals surface area contributed by atoms with Gasteiger partial charge in [-0.2, -0.15) is 0 Å². The van der Waals surface area contributed by atoms with Crippen molar-refractivity contribution in [2.75, 3.05) is 0 Å². The maximum Gasteiger partial charge on any atom is 0.136 e. The number of hydrogen-bond acceptors (Lipinski definition) is 2. The minimum absolute atomic E-state index is 0.172. The quantitative estimate of drug-likeness (QED) is 0.236. The van der Waals surface area contributed by atoms with Gasteiger partial charge in [0.05, 0.1) is 5.69 Å². The molecule has 0 unspecified atom stereocenters. The van der Waals surface area contributed by atoms with Gasteiger partial charge in [-0.1, -0.05) is 84.9 Å². The molecule has 2 nitrogen and oxygen atoms in total. The van der Waals surface area contributed by atoms with E-state index in [0.717, 1.165) is 60.8 Å². The first-order chi connectivity index (χ1) is 18.2. The molecule has 0 spiro atoms. The van der Waals surface area contributed by atoms with Crippen molar-refractivity contribution in [2.45, 2.75) is 6.92 Å². The molecular weight excluding hydrogens is 457 g/mol. The third-order valence-corrected chi connectivity index (χ3v) is 7.12. The van der Waals surface area contributed by atoms with E-state index < -0.39 is 0 Å². The van der Waals surface area contributed by atoms with E-state index in [1.165, 1.54) is 0 Å². The van der Waals surface area contributed by atoms with Gasteiger partial charge in [-0.15, -0.1) is 0 Å². The van der Waals surface area contributed by atoms with Gasteiger partial charge < -0.3 is 4.42 Å². The minimum atomic E-state index is -0.172. The van der Waals surface area contributed by atoms with Crippen LogP contribution in [0, 0.1) is 12.7 Å². The van der Waals surface area contributed by atoms with E-state index in [0.29, 0.717) is 10.9 Å². The highest BCUT2D eigenvalue weighted by Crippen LogP contribution is 2.40. The van der Waals surface area contributed by atoms with Gasteiger partial charge in [0, 0.05) is 33.5 Å². The highest BCUT2D eigenvalue weighted by atomic mass is 19.1. The van der Waals surface area contributed by atoms with Gasteiger partial charge in [-0.25, -0.2) is 4.39 Å². The van der Waals surface area contributed by atoms with Gasteiger partial charge >= 0.3 is 0 Å². The topological polar surface area (TPSA) is 26.0 Å². The van der Waals surface area contributed by atoms with E-state index in [1.54, 1.807) is 13.1 Å². The molecular formula is C34H22FNO. The summed E-state index contributed by atoms with van der Waals surface area (Å²) in [5.41, 5.74) is 6.47. The second-order valence-corrected chi connectivity index (χ2v) is 9.39. The average molecular weight is 480 g/mol. The van der Waals surface area contributed by atoms with E-state index in [-0.39, 0.29) is 5.82 Å². The lowest BCUT2D eigenvalue weighted by Gasteiger charge is -2.12. The standard InChI is InChI=1S/C34H22FNO/c1-21-12-13-25-26-16-17-36-34(28(26)15-14-27(25)33(21)35)24-18-29(22-8-4-2-5-9-22)30-20-31(37-32(30)19-24)23-10-6-3-7-11-23/h2-20H,1H3. The molecule has 3 heteroatoms. The first kappa shape index (κ1) is 21.5. The molecule has 0 aliphatic heterocycles. The fourth-order valence-electron chi connectivity index (χ4n) is 5.25. The van der Waals surface area contributed by atoms with Crippen LogP contribution in [0.15, 0.2) is 120 Å². The number of pyridine rings is 1. The summed E-state index contributed by atoms with van der Waals surface area (Å²) in [7, 11) is 0. The predicted molar refractivity (Wildman–Crippen MR) is 150 cm³/mol. The lowest BCUT2D eigenvalue weighted by atomic mass is 9.94. The molecule has 0 fully saturated rings. The third-order valence-electron chi connectivity index (χ3n) is 7.12. The predicted octanol–water partition coefficient (Wildman–Crippen LogP) is 9.58. The van der Waals surface area contributed by atoms with Crippen molar-refractivity contribution in [3.05, 3.63) is 127 Å². The minimum Gasteiger partial charge on any atom is -0.456 e. The molecule has 0 bridgehead atoms. The maximum absolute atomic E-state index is 14.9. The van der Waals surface area contributed by atoms with Crippen molar-refractivity contribution in [1.82, 2.24) is 4.98 Å². The van der Waals surface area contributed by atoms with Crippen LogP contribution in [0.25, 0.3) is 66.2 Å². The zero-order chi connectivity index (χ0) is 24.9. The Morgan fingerprint density at radius 2 is 1.27 bits per heavy atom. The third kappa shape index (κ3) is 3.51. The molecule has 0 aliphatic carbocycles. The lowest BCUT2D eigenvalue weighted by Crippen LogP contribution is -1.91. The summed E-state index contributed by atoms with van der Waals surface area (Å²) >= 11 is 0. The number of aryl methyl sites for hydroxylation is 1. The summed E-state index contributed by atoms with van der Waals surface area (Å²) in [6.07, 6.45) is 1.80. The number of nitrogens with zero attached hydrogens (tertiary/aromatic N) is 1. The van der Waals surface area contributed by atoms with Crippen molar-refractivity contribution in [3.8, 4) is 33.7 Å². The van der Waals surface area contributed by atoms with Crippen LogP contribution in [0.5, 0.6) is 0 Å². The van der Waals surface area contributed by atoms with Crippen LogP contribution >= 0.6 is 0 Å². The molecule has 0 amide bonds. The highest BCUT2D eigenvalue weighted by Gasteiger charge is 2.17. The molecule has 0 radical (unpaired) electrons. The van der Waals surface area contributed by atoms with Crippen LogP contribution in [-0.4, -0.2) is 4.98 Å². The molecule has 0 saturated carbocycles. The number of hydrogen-bond donors (Lipinski definition) is 0. The zero-order valence-corrected chi connectivity index (χ0v) is 20.2. The van der Waals surface area contributed by atoms with Crippen molar-refractivity contribution in [3.63, 3.8) is 0 Å². The fourth-order valence-corrected chi connectivity index (χ4v) is 5.25. The molecule has 0 saturated heterocycles. The smallest absolute Gasteiger partial charge is 0.136 e. The van der Waals surface area contributed by atoms with Gasteiger partial charge in [0.15, 0.2) is 0 Å². The van der Waals surface area contributed by atoms with Crippen LogP contribution < -0.4 is 0 Å². The Bertz CT molecular complexity index is 1940. The molecule has 2 heterocycles. The van der Waals surface area contributed by atoms with E-state index in [4.69, 9.17) is 9.40 Å². The number of benzene rings is 5. The van der Waals surface area contributed by atoms with Gasteiger partial charge in [0.1, 0.15) is 17.2 Å².